The summed E-state index contributed by atoms with van der Waals surface area (Å²) in [6, 6.07) is 3.46. The maximum Gasteiger partial charge on any atom is 0.277 e. The number of aliphatic hydroxyl groups excluding tert-OH is 1. The zero-order chi connectivity index (χ0) is 21.8. The molecule has 3 aromatic heterocycles. The third-order valence-electron chi connectivity index (χ3n) is 5.11. The van der Waals surface area contributed by atoms with E-state index >= 15 is 0 Å². The van der Waals surface area contributed by atoms with Gasteiger partial charge in [-0.15, -0.1) is 0 Å². The molecule has 10 heteroatoms. The number of anilines is 3. The van der Waals surface area contributed by atoms with Crippen LogP contribution in [0.3, 0.4) is 0 Å². The minimum Gasteiger partial charge on any atom is -0.396 e. The molecule has 31 heavy (non-hydrogen) atoms. The number of carbonyl (C=O) groups excluding carboxylic acids is 1. The first-order valence-electron chi connectivity index (χ1n) is 10.3. The van der Waals surface area contributed by atoms with E-state index in [0.717, 1.165) is 19.3 Å². The summed E-state index contributed by atoms with van der Waals surface area (Å²) in [4.78, 5) is 37.8. The summed E-state index contributed by atoms with van der Waals surface area (Å²) in [7, 11) is 1.62. The van der Waals surface area contributed by atoms with Gasteiger partial charge in [-0.25, -0.2) is 15.0 Å². The van der Waals surface area contributed by atoms with Gasteiger partial charge in [-0.1, -0.05) is 0 Å². The predicted octanol–water partition coefficient (Wildman–Crippen LogP) is 2.09. The summed E-state index contributed by atoms with van der Waals surface area (Å²) in [5.41, 5.74) is 1.45. The van der Waals surface area contributed by atoms with Gasteiger partial charge in [-0.2, -0.15) is 0 Å². The number of hydrogen-bond donors (Lipinski definition) is 4. The van der Waals surface area contributed by atoms with E-state index in [2.05, 4.69) is 30.7 Å². The third-order valence-corrected chi connectivity index (χ3v) is 5.11. The number of H-pyrrole nitrogens is 1. The van der Waals surface area contributed by atoms with E-state index in [9.17, 15) is 9.59 Å². The van der Waals surface area contributed by atoms with Crippen molar-refractivity contribution in [2.24, 2.45) is 13.0 Å². The highest BCUT2D eigenvalue weighted by Crippen LogP contribution is 2.35. The maximum absolute atomic E-state index is 12.6. The van der Waals surface area contributed by atoms with Crippen molar-refractivity contribution >= 4 is 23.1 Å². The van der Waals surface area contributed by atoms with Gasteiger partial charge in [0.1, 0.15) is 17.2 Å². The molecule has 0 spiro atoms. The highest BCUT2D eigenvalue weighted by molar-refractivity contribution is 6.04. The molecule has 0 bridgehead atoms. The summed E-state index contributed by atoms with van der Waals surface area (Å²) in [6.45, 7) is 0.780. The third kappa shape index (κ3) is 4.80. The molecular formula is C21H25N7O3. The van der Waals surface area contributed by atoms with Crippen LogP contribution in [-0.2, 0) is 7.05 Å². The van der Waals surface area contributed by atoms with Crippen molar-refractivity contribution in [2.45, 2.75) is 25.7 Å². The second-order valence-corrected chi connectivity index (χ2v) is 7.55. The van der Waals surface area contributed by atoms with Crippen LogP contribution in [0.1, 0.15) is 36.0 Å². The number of aliphatic hydroxyl groups is 1. The quantitative estimate of drug-likeness (QED) is 0.287. The number of Topliss-reactive ketones (excluding diaryl/α,β-unsaturated/α-hetero) is 1. The van der Waals surface area contributed by atoms with E-state index in [0.29, 0.717) is 47.2 Å². The summed E-state index contributed by atoms with van der Waals surface area (Å²) >= 11 is 0. The second-order valence-electron chi connectivity index (χ2n) is 7.55. The molecule has 4 rings (SSSR count). The topological polar surface area (TPSA) is 138 Å². The molecule has 0 aromatic carbocycles. The maximum atomic E-state index is 12.6. The van der Waals surface area contributed by atoms with Crippen LogP contribution in [0.15, 0.2) is 35.5 Å². The van der Waals surface area contributed by atoms with E-state index in [1.165, 1.54) is 4.68 Å². The Morgan fingerprint density at radius 1 is 1.29 bits per heavy atom. The molecule has 0 saturated heterocycles. The minimum absolute atomic E-state index is 0.0898. The second kappa shape index (κ2) is 9.09. The standard InChI is InChI=1S/C21H25N7O3/c1-28-21(31)15(12-25-28)20-23-8-6-17(27-20)26-18-10-16(22-7-2-3-9-29)14(11-24-18)19(30)13-4-5-13/h6,8,10-13,25,29H,2-5,7,9H2,1H3,(H2,22,23,24,26,27). The average Bonchev–Trinajstić information content (AvgIpc) is 3.57. The smallest absolute Gasteiger partial charge is 0.277 e. The van der Waals surface area contributed by atoms with E-state index in [-0.39, 0.29) is 23.9 Å². The van der Waals surface area contributed by atoms with Crippen molar-refractivity contribution in [3.05, 3.63) is 46.6 Å². The number of unbranched alkanes of at least 4 members (excludes halogenated alkanes) is 1. The van der Waals surface area contributed by atoms with Gasteiger partial charge in [-0.05, 0) is 31.7 Å². The van der Waals surface area contributed by atoms with Crippen molar-refractivity contribution < 1.29 is 9.90 Å². The number of pyridine rings is 1. The molecule has 10 nitrogen and oxygen atoms in total. The van der Waals surface area contributed by atoms with E-state index in [1.54, 1.807) is 37.8 Å². The molecule has 162 valence electrons. The van der Waals surface area contributed by atoms with Crippen LogP contribution < -0.4 is 16.2 Å². The fourth-order valence-corrected chi connectivity index (χ4v) is 3.20. The number of aromatic amines is 1. The highest BCUT2D eigenvalue weighted by Gasteiger charge is 2.32. The molecule has 0 unspecified atom stereocenters. The molecule has 0 aliphatic heterocycles. The lowest BCUT2D eigenvalue weighted by atomic mass is 10.1. The van der Waals surface area contributed by atoms with Gasteiger partial charge >= 0.3 is 0 Å². The molecule has 3 aromatic rings. The van der Waals surface area contributed by atoms with Crippen LogP contribution in [0.2, 0.25) is 0 Å². The zero-order valence-corrected chi connectivity index (χ0v) is 17.3. The van der Waals surface area contributed by atoms with Crippen LogP contribution in [0.4, 0.5) is 17.3 Å². The van der Waals surface area contributed by atoms with Crippen LogP contribution in [0.5, 0.6) is 0 Å². The summed E-state index contributed by atoms with van der Waals surface area (Å²) in [5, 5.41) is 18.2. The SMILES string of the molecule is Cn1[nH]cc(-c2nccc(Nc3cc(NCCCCO)c(C(=O)C4CC4)cn3)n2)c1=O. The monoisotopic (exact) mass is 423 g/mol. The first-order chi connectivity index (χ1) is 15.1. The van der Waals surface area contributed by atoms with Gasteiger partial charge in [0.15, 0.2) is 11.6 Å². The molecule has 4 N–H and O–H groups in total. The Balaban J connectivity index is 1.56. The first kappa shape index (κ1) is 20.7. The van der Waals surface area contributed by atoms with Gasteiger partial charge in [0.2, 0.25) is 0 Å². The largest absolute Gasteiger partial charge is 0.396 e. The van der Waals surface area contributed by atoms with Crippen molar-refractivity contribution in [1.29, 1.82) is 0 Å². The van der Waals surface area contributed by atoms with Gasteiger partial charge in [0, 0.05) is 50.8 Å². The van der Waals surface area contributed by atoms with Gasteiger partial charge < -0.3 is 20.8 Å². The van der Waals surface area contributed by atoms with Crippen molar-refractivity contribution in [3.63, 3.8) is 0 Å². The number of nitrogens with zero attached hydrogens (tertiary/aromatic N) is 4. The molecule has 0 radical (unpaired) electrons. The average molecular weight is 423 g/mol. The van der Waals surface area contributed by atoms with Crippen LogP contribution in [-0.4, -0.2) is 48.8 Å². The number of aromatic nitrogens is 5. The molecule has 1 aliphatic rings. The van der Waals surface area contributed by atoms with Crippen LogP contribution in [0, 0.1) is 5.92 Å². The lowest BCUT2D eigenvalue weighted by Crippen LogP contribution is -2.14. The lowest BCUT2D eigenvalue weighted by molar-refractivity contribution is 0.0968. The van der Waals surface area contributed by atoms with Crippen molar-refractivity contribution in [3.8, 4) is 11.4 Å². The normalized spacial score (nSPS) is 13.2. The van der Waals surface area contributed by atoms with E-state index in [4.69, 9.17) is 5.11 Å². The Hall–Kier alpha value is -3.53. The number of hydrogen-bond acceptors (Lipinski definition) is 8. The number of ketones is 1. The Morgan fingerprint density at radius 2 is 2.13 bits per heavy atom. The molecule has 1 saturated carbocycles. The van der Waals surface area contributed by atoms with Crippen LogP contribution in [0.25, 0.3) is 11.4 Å². The minimum atomic E-state index is -0.215. The Labute approximate surface area is 178 Å². The molecule has 0 atom stereocenters. The van der Waals surface area contributed by atoms with E-state index < -0.39 is 0 Å². The highest BCUT2D eigenvalue weighted by atomic mass is 16.3. The molecule has 1 fully saturated rings. The number of rotatable bonds is 10. The fraction of sp³-hybridized carbons (Fsp3) is 0.381. The predicted molar refractivity (Wildman–Crippen MR) is 116 cm³/mol. The molecule has 3 heterocycles. The van der Waals surface area contributed by atoms with Gasteiger partial charge in [-0.3, -0.25) is 14.3 Å². The van der Waals surface area contributed by atoms with Gasteiger partial charge in [0.05, 0.1) is 11.3 Å². The Kier molecular flexibility index (Phi) is 6.08. The fourth-order valence-electron chi connectivity index (χ4n) is 3.20. The number of nitrogens with one attached hydrogen (secondary N) is 3. The van der Waals surface area contributed by atoms with Gasteiger partial charge in [0.25, 0.3) is 5.56 Å². The summed E-state index contributed by atoms with van der Waals surface area (Å²) in [5.74, 6) is 1.50. The summed E-state index contributed by atoms with van der Waals surface area (Å²) < 4.78 is 1.35. The molecule has 1 aliphatic carbocycles. The summed E-state index contributed by atoms with van der Waals surface area (Å²) in [6.07, 6.45) is 8.04. The number of carbonyl (C=O) groups is 1. The Morgan fingerprint density at radius 3 is 2.84 bits per heavy atom. The molecule has 0 amide bonds. The number of aryl methyl sites for hydroxylation is 1. The van der Waals surface area contributed by atoms with Crippen LogP contribution >= 0.6 is 0 Å². The van der Waals surface area contributed by atoms with Crippen molar-refractivity contribution in [1.82, 2.24) is 24.7 Å². The van der Waals surface area contributed by atoms with Crippen molar-refractivity contribution in [2.75, 3.05) is 23.8 Å². The van der Waals surface area contributed by atoms with E-state index in [1.807, 2.05) is 0 Å². The molecular weight excluding hydrogens is 398 g/mol. The first-order valence-corrected chi connectivity index (χ1v) is 10.3. The zero-order valence-electron chi connectivity index (χ0n) is 17.3. The lowest BCUT2D eigenvalue weighted by Gasteiger charge is -2.13. The Bertz CT molecular complexity index is 1130.